The molecule has 0 radical (unpaired) electrons. The Morgan fingerprint density at radius 2 is 1.10 bits per heavy atom. The quantitative estimate of drug-likeness (QED) is 0.104. The number of rotatable bonds is 20. The van der Waals surface area contributed by atoms with Crippen LogP contribution in [-0.4, -0.2) is 32.7 Å². The maximum absolute atomic E-state index is 6.26. The molecule has 0 bridgehead atoms. The molecule has 0 spiro atoms. The molecule has 3 rings (SSSR count). The van der Waals surface area contributed by atoms with Crippen LogP contribution in [0.3, 0.4) is 0 Å². The minimum atomic E-state index is -0.424. The standard InChI is InChI=1S/C36H50O4/c1-5-8-10-11-12-16-27-38-31-23-19-29(20-24-31)33-17-13-14-18-34(33)30-21-25-32(26-22-30)40-36(35(7-3)37-4)39-28-15-9-6-2/h13-14,17-26,35-36H,5-12,15-16,27-28H2,1-4H3/t35-,36?/m0/s1. The lowest BCUT2D eigenvalue weighted by molar-refractivity contribution is -0.156. The van der Waals surface area contributed by atoms with E-state index in [1.54, 1.807) is 7.11 Å². The Morgan fingerprint density at radius 3 is 1.68 bits per heavy atom. The molecular weight excluding hydrogens is 496 g/mol. The Hall–Kier alpha value is -2.82. The van der Waals surface area contributed by atoms with Crippen molar-refractivity contribution in [2.75, 3.05) is 20.3 Å². The van der Waals surface area contributed by atoms with Gasteiger partial charge in [-0.15, -0.1) is 0 Å². The van der Waals surface area contributed by atoms with Gasteiger partial charge in [0.1, 0.15) is 17.6 Å². The molecule has 0 N–H and O–H groups in total. The van der Waals surface area contributed by atoms with Crippen LogP contribution in [0.4, 0.5) is 0 Å². The molecule has 0 saturated heterocycles. The molecule has 0 saturated carbocycles. The Kier molecular flexibility index (Phi) is 14.7. The van der Waals surface area contributed by atoms with Crippen molar-refractivity contribution in [3.63, 3.8) is 0 Å². The number of hydrogen-bond acceptors (Lipinski definition) is 4. The van der Waals surface area contributed by atoms with Crippen LogP contribution >= 0.6 is 0 Å². The van der Waals surface area contributed by atoms with E-state index in [1.807, 2.05) is 12.1 Å². The molecule has 1 unspecified atom stereocenters. The van der Waals surface area contributed by atoms with E-state index in [2.05, 4.69) is 81.4 Å². The number of methoxy groups -OCH3 is 1. The van der Waals surface area contributed by atoms with E-state index in [-0.39, 0.29) is 6.10 Å². The summed E-state index contributed by atoms with van der Waals surface area (Å²) < 4.78 is 24.0. The molecule has 40 heavy (non-hydrogen) atoms. The Bertz CT molecular complexity index is 1060. The molecule has 0 aliphatic rings. The number of ether oxygens (including phenoxy) is 4. The maximum atomic E-state index is 6.26. The minimum absolute atomic E-state index is 0.111. The molecule has 0 aliphatic carbocycles. The SMILES string of the molecule is CCCCCCCCOc1ccc(-c2ccccc2-c2ccc(OC(OCCCCC)[C@H](CC)OC)cc2)cc1. The van der Waals surface area contributed by atoms with Gasteiger partial charge < -0.3 is 18.9 Å². The fraction of sp³-hybridized carbons (Fsp3) is 0.500. The summed E-state index contributed by atoms with van der Waals surface area (Å²) in [4.78, 5) is 0. The maximum Gasteiger partial charge on any atom is 0.226 e. The fourth-order valence-corrected chi connectivity index (χ4v) is 4.88. The summed E-state index contributed by atoms with van der Waals surface area (Å²) in [7, 11) is 1.72. The van der Waals surface area contributed by atoms with Crippen molar-refractivity contribution >= 4 is 0 Å². The first kappa shape index (κ1) is 31.7. The highest BCUT2D eigenvalue weighted by Gasteiger charge is 2.22. The van der Waals surface area contributed by atoms with Crippen molar-refractivity contribution in [3.8, 4) is 33.8 Å². The zero-order chi connectivity index (χ0) is 28.4. The van der Waals surface area contributed by atoms with Crippen molar-refractivity contribution < 1.29 is 18.9 Å². The highest BCUT2D eigenvalue weighted by atomic mass is 16.7. The predicted octanol–water partition coefficient (Wildman–Crippen LogP) is 10.1. The third-order valence-electron chi connectivity index (χ3n) is 7.32. The lowest BCUT2D eigenvalue weighted by atomic mass is 9.94. The van der Waals surface area contributed by atoms with Gasteiger partial charge in [0.15, 0.2) is 0 Å². The first-order valence-corrected chi connectivity index (χ1v) is 15.4. The van der Waals surface area contributed by atoms with E-state index in [1.165, 1.54) is 48.8 Å². The molecule has 0 aliphatic heterocycles. The van der Waals surface area contributed by atoms with Crippen molar-refractivity contribution in [2.24, 2.45) is 0 Å². The molecule has 0 heterocycles. The lowest BCUT2D eigenvalue weighted by Crippen LogP contribution is -2.35. The molecule has 3 aromatic rings. The molecule has 218 valence electrons. The van der Waals surface area contributed by atoms with Gasteiger partial charge in [-0.1, -0.05) is 114 Å². The van der Waals surface area contributed by atoms with Gasteiger partial charge in [0.25, 0.3) is 0 Å². The van der Waals surface area contributed by atoms with E-state index in [9.17, 15) is 0 Å². The molecular formula is C36H50O4. The molecule has 0 fully saturated rings. The Labute approximate surface area is 243 Å². The van der Waals surface area contributed by atoms with Gasteiger partial charge >= 0.3 is 0 Å². The van der Waals surface area contributed by atoms with Gasteiger partial charge in [0.2, 0.25) is 6.29 Å². The fourth-order valence-electron chi connectivity index (χ4n) is 4.88. The van der Waals surface area contributed by atoms with Gasteiger partial charge in [-0.3, -0.25) is 0 Å². The van der Waals surface area contributed by atoms with E-state index >= 15 is 0 Å². The smallest absolute Gasteiger partial charge is 0.226 e. The highest BCUT2D eigenvalue weighted by molar-refractivity contribution is 5.83. The summed E-state index contributed by atoms with van der Waals surface area (Å²) in [5, 5.41) is 0. The highest BCUT2D eigenvalue weighted by Crippen LogP contribution is 2.34. The second-order valence-electron chi connectivity index (χ2n) is 10.5. The predicted molar refractivity (Wildman–Crippen MR) is 167 cm³/mol. The molecule has 0 aromatic heterocycles. The second-order valence-corrected chi connectivity index (χ2v) is 10.5. The zero-order valence-corrected chi connectivity index (χ0v) is 25.2. The van der Waals surface area contributed by atoms with E-state index in [4.69, 9.17) is 18.9 Å². The molecule has 3 aromatic carbocycles. The minimum Gasteiger partial charge on any atom is -0.494 e. The number of benzene rings is 3. The van der Waals surface area contributed by atoms with Crippen LogP contribution in [0.15, 0.2) is 72.8 Å². The van der Waals surface area contributed by atoms with Gasteiger partial charge in [0.05, 0.1) is 13.2 Å². The zero-order valence-electron chi connectivity index (χ0n) is 25.2. The van der Waals surface area contributed by atoms with E-state index in [0.717, 1.165) is 55.8 Å². The van der Waals surface area contributed by atoms with Gasteiger partial charge in [-0.2, -0.15) is 0 Å². The third-order valence-corrected chi connectivity index (χ3v) is 7.32. The first-order chi connectivity index (χ1) is 19.7. The third kappa shape index (κ3) is 10.3. The number of unbranched alkanes of at least 4 members (excludes halogenated alkanes) is 7. The summed E-state index contributed by atoms with van der Waals surface area (Å²) in [6, 6.07) is 25.3. The van der Waals surface area contributed by atoms with E-state index in [0.29, 0.717) is 6.61 Å². The number of hydrogen-bond donors (Lipinski definition) is 0. The van der Waals surface area contributed by atoms with E-state index < -0.39 is 6.29 Å². The molecule has 2 atom stereocenters. The van der Waals surface area contributed by atoms with Crippen molar-refractivity contribution in [1.29, 1.82) is 0 Å². The van der Waals surface area contributed by atoms with Crippen LogP contribution in [-0.2, 0) is 9.47 Å². The molecule has 0 amide bonds. The monoisotopic (exact) mass is 546 g/mol. The van der Waals surface area contributed by atoms with Gasteiger partial charge in [-0.25, -0.2) is 0 Å². The summed E-state index contributed by atoms with van der Waals surface area (Å²) in [6.07, 6.45) is 11.3. The lowest BCUT2D eigenvalue weighted by Gasteiger charge is -2.26. The first-order valence-electron chi connectivity index (χ1n) is 15.4. The second kappa shape index (κ2) is 18.5. The van der Waals surface area contributed by atoms with Crippen molar-refractivity contribution in [3.05, 3.63) is 72.8 Å². The van der Waals surface area contributed by atoms with Crippen molar-refractivity contribution in [1.82, 2.24) is 0 Å². The topological polar surface area (TPSA) is 36.9 Å². The normalized spacial score (nSPS) is 12.7. The summed E-state index contributed by atoms with van der Waals surface area (Å²) in [6.45, 7) is 7.99. The molecule has 4 nitrogen and oxygen atoms in total. The van der Waals surface area contributed by atoms with Crippen LogP contribution in [0, 0.1) is 0 Å². The molecule has 4 heteroatoms. The largest absolute Gasteiger partial charge is 0.494 e. The average Bonchev–Trinajstić information content (AvgIpc) is 3.00. The van der Waals surface area contributed by atoms with Crippen LogP contribution < -0.4 is 9.47 Å². The Balaban J connectivity index is 1.63. The Morgan fingerprint density at radius 1 is 0.575 bits per heavy atom. The summed E-state index contributed by atoms with van der Waals surface area (Å²) in [5.41, 5.74) is 4.70. The summed E-state index contributed by atoms with van der Waals surface area (Å²) >= 11 is 0. The van der Waals surface area contributed by atoms with Crippen LogP contribution in [0.25, 0.3) is 22.3 Å². The van der Waals surface area contributed by atoms with Gasteiger partial charge in [-0.05, 0) is 65.8 Å². The van der Waals surface area contributed by atoms with Crippen LogP contribution in [0.1, 0.15) is 85.0 Å². The van der Waals surface area contributed by atoms with Crippen LogP contribution in [0.2, 0.25) is 0 Å². The van der Waals surface area contributed by atoms with Crippen LogP contribution in [0.5, 0.6) is 11.5 Å². The summed E-state index contributed by atoms with van der Waals surface area (Å²) in [5.74, 6) is 1.72. The van der Waals surface area contributed by atoms with Crippen molar-refractivity contribution in [2.45, 2.75) is 97.4 Å². The van der Waals surface area contributed by atoms with Gasteiger partial charge in [0, 0.05) is 7.11 Å². The average molecular weight is 547 g/mol.